The molecule has 4 N–H and O–H groups in total. The highest BCUT2D eigenvalue weighted by Crippen LogP contribution is 2.34. The van der Waals surface area contributed by atoms with Crippen LogP contribution in [0.25, 0.3) is 27.5 Å². The normalized spacial score (nSPS) is 14.9. The SMILES string of the molecule is CCOc1cc(-c2ccc(N3CCC(NC(=O)c4cc(F)ccc4F)(C(=O)NCCCCCCNc4cccc5c(N6CCC(=O)NC6=O)nn(C)c45)CC3)nc2)c2c(C#N)cnn2c1. The van der Waals surface area contributed by atoms with Crippen molar-refractivity contribution in [3.63, 3.8) is 0 Å². The zero-order valence-corrected chi connectivity index (χ0v) is 36.0. The second-order valence-corrected chi connectivity index (χ2v) is 16.0. The Morgan fingerprint density at radius 1 is 0.969 bits per heavy atom. The number of hydrogen-bond acceptors (Lipinski definition) is 11. The zero-order valence-electron chi connectivity index (χ0n) is 36.0. The number of aryl methyl sites for hydroxylation is 1. The lowest BCUT2D eigenvalue weighted by atomic mass is 9.85. The summed E-state index contributed by atoms with van der Waals surface area (Å²) in [6.07, 6.45) is 8.66. The molecule has 0 unspecified atom stereocenters. The van der Waals surface area contributed by atoms with Crippen LogP contribution in [0.3, 0.4) is 0 Å². The van der Waals surface area contributed by atoms with Crippen molar-refractivity contribution in [2.75, 3.05) is 54.4 Å². The van der Waals surface area contributed by atoms with Crippen LogP contribution in [0.4, 0.5) is 30.9 Å². The van der Waals surface area contributed by atoms with Gasteiger partial charge in [-0.1, -0.05) is 18.9 Å². The van der Waals surface area contributed by atoms with E-state index in [9.17, 15) is 33.2 Å². The second kappa shape index (κ2) is 19.0. The van der Waals surface area contributed by atoms with Gasteiger partial charge in [-0.25, -0.2) is 23.1 Å². The van der Waals surface area contributed by atoms with Gasteiger partial charge in [-0.15, -0.1) is 0 Å². The Hall–Kier alpha value is -7.62. The van der Waals surface area contributed by atoms with Gasteiger partial charge in [0, 0.05) is 68.9 Å². The number of nitriles is 1. The number of para-hydroxylation sites is 1. The molecule has 5 amide bonds. The lowest BCUT2D eigenvalue weighted by Gasteiger charge is -2.41. The molecule has 0 radical (unpaired) electrons. The van der Waals surface area contributed by atoms with Crippen molar-refractivity contribution in [3.8, 4) is 22.9 Å². The predicted molar refractivity (Wildman–Crippen MR) is 238 cm³/mol. The van der Waals surface area contributed by atoms with Crippen LogP contribution in [-0.4, -0.2) is 93.0 Å². The molecule has 8 rings (SSSR count). The maximum atomic E-state index is 14.8. The molecule has 65 heavy (non-hydrogen) atoms. The number of piperidine rings is 1. The van der Waals surface area contributed by atoms with Gasteiger partial charge in [0.1, 0.15) is 34.8 Å². The van der Waals surface area contributed by atoms with Gasteiger partial charge in [-0.2, -0.15) is 15.5 Å². The van der Waals surface area contributed by atoms with Gasteiger partial charge < -0.3 is 25.6 Å². The minimum absolute atomic E-state index is 0.171. The number of urea groups is 1. The molecule has 4 aromatic heterocycles. The van der Waals surface area contributed by atoms with Crippen molar-refractivity contribution >= 4 is 57.5 Å². The molecule has 6 aromatic rings. The van der Waals surface area contributed by atoms with Crippen LogP contribution in [0.5, 0.6) is 5.75 Å². The zero-order chi connectivity index (χ0) is 45.7. The van der Waals surface area contributed by atoms with E-state index in [1.165, 1.54) is 11.1 Å². The van der Waals surface area contributed by atoms with Crippen molar-refractivity contribution in [3.05, 3.63) is 95.9 Å². The number of unbranched alkanes of at least 4 members (excludes halogenated alkanes) is 3. The first-order valence-corrected chi connectivity index (χ1v) is 21.6. The van der Waals surface area contributed by atoms with Crippen LogP contribution >= 0.6 is 0 Å². The summed E-state index contributed by atoms with van der Waals surface area (Å²) in [6.45, 7) is 4.25. The van der Waals surface area contributed by atoms with Crippen molar-refractivity contribution in [1.29, 1.82) is 5.26 Å². The molecule has 2 aromatic carbocycles. The monoisotopic (exact) mass is 886 g/mol. The molecule has 336 valence electrons. The first-order valence-electron chi connectivity index (χ1n) is 21.6. The van der Waals surface area contributed by atoms with Crippen molar-refractivity contribution in [2.45, 2.75) is 57.4 Å². The number of hydrogen-bond donors (Lipinski definition) is 4. The highest BCUT2D eigenvalue weighted by atomic mass is 19.1. The number of anilines is 3. The summed E-state index contributed by atoms with van der Waals surface area (Å²) >= 11 is 0. The number of nitrogens with zero attached hydrogens (tertiary/aromatic N) is 8. The van der Waals surface area contributed by atoms with E-state index in [0.29, 0.717) is 67.7 Å². The van der Waals surface area contributed by atoms with E-state index in [2.05, 4.69) is 37.5 Å². The summed E-state index contributed by atoms with van der Waals surface area (Å²) in [7, 11) is 1.81. The Morgan fingerprint density at radius 3 is 2.51 bits per heavy atom. The van der Waals surface area contributed by atoms with Crippen LogP contribution in [0, 0.1) is 23.0 Å². The van der Waals surface area contributed by atoms with Crippen LogP contribution in [0.15, 0.2) is 73.2 Å². The van der Waals surface area contributed by atoms with Gasteiger partial charge in [0.05, 0.1) is 46.8 Å². The maximum Gasteiger partial charge on any atom is 0.329 e. The number of rotatable bonds is 16. The molecule has 6 heterocycles. The highest BCUT2D eigenvalue weighted by molar-refractivity contribution is 6.10. The maximum absolute atomic E-state index is 14.8. The van der Waals surface area contributed by atoms with Crippen LogP contribution in [0.2, 0.25) is 0 Å². The second-order valence-electron chi connectivity index (χ2n) is 16.0. The number of nitrogens with one attached hydrogen (secondary N) is 4. The van der Waals surface area contributed by atoms with Gasteiger partial charge in [-0.05, 0) is 81.1 Å². The summed E-state index contributed by atoms with van der Waals surface area (Å²) in [4.78, 5) is 59.9. The van der Waals surface area contributed by atoms with E-state index in [0.717, 1.165) is 65.2 Å². The Bertz CT molecular complexity index is 2810. The molecular weight excluding hydrogens is 839 g/mol. The van der Waals surface area contributed by atoms with Crippen LogP contribution in [-0.2, 0) is 16.6 Å². The molecule has 17 nitrogen and oxygen atoms in total. The number of amides is 5. The van der Waals surface area contributed by atoms with Crippen molar-refractivity contribution < 1.29 is 32.7 Å². The Morgan fingerprint density at radius 2 is 1.77 bits per heavy atom. The van der Waals surface area contributed by atoms with Gasteiger partial charge >= 0.3 is 6.03 Å². The quantitative estimate of drug-likeness (QED) is 0.0851. The smallest absolute Gasteiger partial charge is 0.329 e. The van der Waals surface area contributed by atoms with E-state index in [-0.39, 0.29) is 31.7 Å². The predicted octanol–water partition coefficient (Wildman–Crippen LogP) is 5.84. The van der Waals surface area contributed by atoms with Crippen LogP contribution < -0.4 is 35.8 Å². The molecule has 0 spiro atoms. The van der Waals surface area contributed by atoms with Crippen molar-refractivity contribution in [1.82, 2.24) is 40.3 Å². The van der Waals surface area contributed by atoms with Crippen LogP contribution in [0.1, 0.15) is 67.8 Å². The summed E-state index contributed by atoms with van der Waals surface area (Å²) < 4.78 is 38.0. The Labute approximate surface area is 372 Å². The number of carbonyl (C=O) groups is 4. The number of aromatic nitrogens is 5. The standard InChI is InChI=1S/C46H48F2N12O5/c1-3-65-32-24-34(40-30(25-49)27-53-60(40)28-32)29-11-14-38(52-26-29)58-21-16-46(17-22-58,55-43(62)35-23-31(47)12-13-36(35)48)44(63)51-19-7-5-4-6-18-50-37-10-8-9-33-41(37)57(2)56-42(33)59-20-15-39(61)54-45(59)64/h8-14,23-24,26-28,50H,3-7,15-22H2,1-2H3,(H,51,63)(H,55,62)(H,54,61,64). The van der Waals surface area contributed by atoms with E-state index in [1.807, 2.05) is 55.3 Å². The largest absolute Gasteiger partial charge is 0.492 e. The topological polar surface area (TPSA) is 204 Å². The van der Waals surface area contributed by atoms with E-state index >= 15 is 0 Å². The average Bonchev–Trinajstić information content (AvgIpc) is 3.88. The molecule has 2 saturated heterocycles. The number of benzene rings is 2. The number of carbonyl (C=O) groups excluding carboxylic acids is 4. The fraction of sp³-hybridized carbons (Fsp3) is 0.348. The number of halogens is 2. The first-order chi connectivity index (χ1) is 31.5. The molecule has 0 aliphatic carbocycles. The third-order valence-corrected chi connectivity index (χ3v) is 11.8. The number of fused-ring (bicyclic) bond motifs is 2. The molecule has 0 bridgehead atoms. The fourth-order valence-electron chi connectivity index (χ4n) is 8.48. The number of ether oxygens (including phenoxy) is 1. The van der Waals surface area contributed by atoms with Gasteiger partial charge in [0.25, 0.3) is 5.91 Å². The summed E-state index contributed by atoms with van der Waals surface area (Å²) in [5, 5.41) is 31.1. The van der Waals surface area contributed by atoms with Gasteiger partial charge in [-0.3, -0.25) is 29.3 Å². The van der Waals surface area contributed by atoms with Crippen molar-refractivity contribution in [2.24, 2.45) is 7.05 Å². The lowest BCUT2D eigenvalue weighted by Crippen LogP contribution is -2.63. The molecule has 2 fully saturated rings. The van der Waals surface area contributed by atoms with Gasteiger partial charge in [0.2, 0.25) is 11.8 Å². The molecule has 2 aliphatic rings. The number of imide groups is 1. The molecule has 0 atom stereocenters. The molecular formula is C46H48F2N12O5. The summed E-state index contributed by atoms with van der Waals surface area (Å²) in [6, 6.07) is 15.7. The molecule has 0 saturated carbocycles. The summed E-state index contributed by atoms with van der Waals surface area (Å²) in [5.74, 6) is -1.56. The number of pyridine rings is 2. The van der Waals surface area contributed by atoms with Gasteiger partial charge in [0.15, 0.2) is 5.82 Å². The first kappa shape index (κ1) is 44.0. The third kappa shape index (κ3) is 9.23. The average molecular weight is 887 g/mol. The molecule has 19 heteroatoms. The van der Waals surface area contributed by atoms with E-state index in [1.54, 1.807) is 21.6 Å². The lowest BCUT2D eigenvalue weighted by molar-refractivity contribution is -0.128. The molecule has 2 aliphatic heterocycles. The Kier molecular flexibility index (Phi) is 12.9. The minimum atomic E-state index is -1.40. The Balaban J connectivity index is 0.875. The highest BCUT2D eigenvalue weighted by Gasteiger charge is 2.43. The summed E-state index contributed by atoms with van der Waals surface area (Å²) in [5.41, 5.74) is 2.31. The minimum Gasteiger partial charge on any atom is -0.492 e. The third-order valence-electron chi connectivity index (χ3n) is 11.8. The van der Waals surface area contributed by atoms with E-state index in [4.69, 9.17) is 9.72 Å². The van der Waals surface area contributed by atoms with E-state index < -0.39 is 40.6 Å². The fourth-order valence-corrected chi connectivity index (χ4v) is 8.48.